The van der Waals surface area contributed by atoms with Gasteiger partial charge >= 0.3 is 0 Å². The van der Waals surface area contributed by atoms with Crippen LogP contribution in [0.2, 0.25) is 0 Å². The molecule has 5 heteroatoms. The van der Waals surface area contributed by atoms with Crippen LogP contribution in [0.15, 0.2) is 35.2 Å². The molecule has 0 atom stereocenters. The van der Waals surface area contributed by atoms with E-state index in [-0.39, 0.29) is 0 Å². The summed E-state index contributed by atoms with van der Waals surface area (Å²) >= 11 is 1.52. The first-order valence-electron chi connectivity index (χ1n) is 6.12. The zero-order valence-corrected chi connectivity index (χ0v) is 12.9. The van der Waals surface area contributed by atoms with Crippen molar-refractivity contribution in [3.63, 3.8) is 0 Å². The summed E-state index contributed by atoms with van der Waals surface area (Å²) in [7, 11) is -3.49. The van der Waals surface area contributed by atoms with Crippen LogP contribution >= 0.6 is 11.3 Å². The van der Waals surface area contributed by atoms with Crippen molar-refractivity contribution in [2.75, 3.05) is 4.72 Å². The van der Waals surface area contributed by atoms with E-state index in [0.29, 0.717) is 4.90 Å². The lowest BCUT2D eigenvalue weighted by Gasteiger charge is -2.07. The highest BCUT2D eigenvalue weighted by Crippen LogP contribution is 2.33. The SMILES string of the molecule is CCc1sc(NS(=O)(=O)c2ccccc2)c(C)c1C. The van der Waals surface area contributed by atoms with Crippen LogP contribution in [-0.4, -0.2) is 8.42 Å². The molecule has 0 saturated carbocycles. The number of benzene rings is 1. The summed E-state index contributed by atoms with van der Waals surface area (Å²) < 4.78 is 27.2. The molecule has 2 aromatic rings. The second-order valence-electron chi connectivity index (χ2n) is 4.38. The molecule has 1 aromatic carbocycles. The lowest BCUT2D eigenvalue weighted by Crippen LogP contribution is -2.12. The maximum atomic E-state index is 12.3. The molecule has 102 valence electrons. The fraction of sp³-hybridized carbons (Fsp3) is 0.286. The van der Waals surface area contributed by atoms with Crippen LogP contribution in [0.5, 0.6) is 0 Å². The Morgan fingerprint density at radius 3 is 2.26 bits per heavy atom. The molecule has 1 N–H and O–H groups in total. The minimum Gasteiger partial charge on any atom is -0.270 e. The highest BCUT2D eigenvalue weighted by molar-refractivity contribution is 7.93. The first-order chi connectivity index (χ1) is 8.95. The average Bonchev–Trinajstić information content (AvgIpc) is 2.67. The monoisotopic (exact) mass is 295 g/mol. The van der Waals surface area contributed by atoms with Gasteiger partial charge in [0.15, 0.2) is 0 Å². The summed E-state index contributed by atoms with van der Waals surface area (Å²) in [4.78, 5) is 1.52. The first kappa shape index (κ1) is 14.1. The van der Waals surface area contributed by atoms with Gasteiger partial charge in [0.1, 0.15) is 5.00 Å². The maximum absolute atomic E-state index is 12.3. The molecule has 0 unspecified atom stereocenters. The summed E-state index contributed by atoms with van der Waals surface area (Å²) in [6, 6.07) is 8.43. The van der Waals surface area contributed by atoms with E-state index in [0.717, 1.165) is 17.0 Å². The zero-order valence-electron chi connectivity index (χ0n) is 11.2. The molecule has 0 radical (unpaired) electrons. The third kappa shape index (κ3) is 2.82. The first-order valence-corrected chi connectivity index (χ1v) is 8.42. The molecular formula is C14H17NO2S2. The van der Waals surface area contributed by atoms with Crippen molar-refractivity contribution < 1.29 is 8.42 Å². The Hall–Kier alpha value is -1.33. The highest BCUT2D eigenvalue weighted by atomic mass is 32.2. The van der Waals surface area contributed by atoms with Crippen molar-refractivity contribution in [1.29, 1.82) is 0 Å². The number of sulfonamides is 1. The number of aryl methyl sites for hydroxylation is 1. The Labute approximate surface area is 118 Å². The summed E-state index contributed by atoms with van der Waals surface area (Å²) in [6.45, 7) is 6.06. The Kier molecular flexibility index (Phi) is 3.96. The predicted octanol–water partition coefficient (Wildman–Crippen LogP) is 3.73. The maximum Gasteiger partial charge on any atom is 0.262 e. The molecule has 0 saturated heterocycles. The van der Waals surface area contributed by atoms with E-state index in [1.54, 1.807) is 30.3 Å². The number of thiophene rings is 1. The van der Waals surface area contributed by atoms with Crippen molar-refractivity contribution in [2.24, 2.45) is 0 Å². The van der Waals surface area contributed by atoms with Crippen LogP contribution in [0, 0.1) is 13.8 Å². The molecule has 3 nitrogen and oxygen atoms in total. The van der Waals surface area contributed by atoms with Gasteiger partial charge in [0.25, 0.3) is 10.0 Å². The van der Waals surface area contributed by atoms with Crippen LogP contribution in [0.25, 0.3) is 0 Å². The molecule has 0 aliphatic rings. The molecule has 0 aliphatic carbocycles. The van der Waals surface area contributed by atoms with Crippen molar-refractivity contribution in [1.82, 2.24) is 0 Å². The van der Waals surface area contributed by atoms with Gasteiger partial charge in [-0.3, -0.25) is 4.72 Å². The third-order valence-corrected chi connectivity index (χ3v) is 6.10. The Balaban J connectivity index is 2.36. The van der Waals surface area contributed by atoms with Crippen LogP contribution in [-0.2, 0) is 16.4 Å². The third-order valence-electron chi connectivity index (χ3n) is 3.15. The van der Waals surface area contributed by atoms with Crippen molar-refractivity contribution in [2.45, 2.75) is 32.1 Å². The van der Waals surface area contributed by atoms with Gasteiger partial charge in [0, 0.05) is 4.88 Å². The second kappa shape index (κ2) is 5.35. The topological polar surface area (TPSA) is 46.2 Å². The van der Waals surface area contributed by atoms with Crippen LogP contribution in [0.4, 0.5) is 5.00 Å². The number of hydrogen-bond acceptors (Lipinski definition) is 3. The fourth-order valence-electron chi connectivity index (χ4n) is 1.87. The van der Waals surface area contributed by atoms with E-state index in [4.69, 9.17) is 0 Å². The number of nitrogens with one attached hydrogen (secondary N) is 1. The van der Waals surface area contributed by atoms with E-state index in [1.165, 1.54) is 21.8 Å². The van der Waals surface area contributed by atoms with Crippen LogP contribution < -0.4 is 4.72 Å². The van der Waals surface area contributed by atoms with Crippen molar-refractivity contribution >= 4 is 26.4 Å². The highest BCUT2D eigenvalue weighted by Gasteiger charge is 2.18. The summed E-state index contributed by atoms with van der Waals surface area (Å²) in [5, 5.41) is 0.721. The molecule has 19 heavy (non-hydrogen) atoms. The molecule has 1 aromatic heterocycles. The summed E-state index contributed by atoms with van der Waals surface area (Å²) in [6.07, 6.45) is 0.921. The fourth-order valence-corrected chi connectivity index (χ4v) is 4.40. The Morgan fingerprint density at radius 1 is 1.11 bits per heavy atom. The lowest BCUT2D eigenvalue weighted by atomic mass is 10.1. The van der Waals surface area contributed by atoms with Gasteiger partial charge in [-0.1, -0.05) is 25.1 Å². The van der Waals surface area contributed by atoms with Gasteiger partial charge in [-0.25, -0.2) is 8.42 Å². The molecule has 0 aliphatic heterocycles. The predicted molar refractivity (Wildman–Crippen MR) is 80.4 cm³/mol. The molecular weight excluding hydrogens is 278 g/mol. The standard InChI is InChI=1S/C14H17NO2S2/c1-4-13-10(2)11(3)14(18-13)15-19(16,17)12-8-6-5-7-9-12/h5-9,15H,4H2,1-3H3. The van der Waals surface area contributed by atoms with Crippen LogP contribution in [0.3, 0.4) is 0 Å². The Bertz CT molecular complexity index is 673. The summed E-state index contributed by atoms with van der Waals surface area (Å²) in [5.41, 5.74) is 2.19. The number of hydrogen-bond donors (Lipinski definition) is 1. The van der Waals surface area contributed by atoms with Gasteiger partial charge in [0.2, 0.25) is 0 Å². The average molecular weight is 295 g/mol. The van der Waals surface area contributed by atoms with Gasteiger partial charge < -0.3 is 0 Å². The molecule has 0 spiro atoms. The normalized spacial score (nSPS) is 11.5. The molecule has 0 bridgehead atoms. The Morgan fingerprint density at radius 2 is 1.74 bits per heavy atom. The van der Waals surface area contributed by atoms with Crippen LogP contribution in [0.1, 0.15) is 22.9 Å². The quantitative estimate of drug-likeness (QED) is 0.934. The van der Waals surface area contributed by atoms with Crippen molar-refractivity contribution in [3.05, 3.63) is 46.3 Å². The smallest absolute Gasteiger partial charge is 0.262 e. The lowest BCUT2D eigenvalue weighted by molar-refractivity contribution is 0.601. The molecule has 1 heterocycles. The van der Waals surface area contributed by atoms with E-state index >= 15 is 0 Å². The minimum absolute atomic E-state index is 0.290. The molecule has 2 rings (SSSR count). The van der Waals surface area contributed by atoms with E-state index in [2.05, 4.69) is 11.6 Å². The molecule has 0 fully saturated rings. The van der Waals surface area contributed by atoms with Gasteiger partial charge in [-0.05, 0) is 43.5 Å². The van der Waals surface area contributed by atoms with Gasteiger partial charge in [0.05, 0.1) is 4.90 Å². The summed E-state index contributed by atoms with van der Waals surface area (Å²) in [5.74, 6) is 0. The largest absolute Gasteiger partial charge is 0.270 e. The minimum atomic E-state index is -3.49. The van der Waals surface area contributed by atoms with Gasteiger partial charge in [-0.2, -0.15) is 0 Å². The molecule has 0 amide bonds. The van der Waals surface area contributed by atoms with Crippen molar-refractivity contribution in [3.8, 4) is 0 Å². The zero-order chi connectivity index (χ0) is 14.0. The second-order valence-corrected chi connectivity index (χ2v) is 7.16. The van der Waals surface area contributed by atoms with E-state index in [9.17, 15) is 8.42 Å². The number of anilines is 1. The number of rotatable bonds is 4. The van der Waals surface area contributed by atoms with E-state index < -0.39 is 10.0 Å². The van der Waals surface area contributed by atoms with Gasteiger partial charge in [-0.15, -0.1) is 11.3 Å². The van der Waals surface area contributed by atoms with E-state index in [1.807, 2.05) is 13.8 Å².